The van der Waals surface area contributed by atoms with Gasteiger partial charge in [-0.3, -0.25) is 0 Å². The van der Waals surface area contributed by atoms with Gasteiger partial charge in [-0.2, -0.15) is 0 Å². The van der Waals surface area contributed by atoms with Crippen molar-refractivity contribution in [2.75, 3.05) is 24.5 Å². The molecule has 0 spiro atoms. The predicted molar refractivity (Wildman–Crippen MR) is 70.1 cm³/mol. The summed E-state index contributed by atoms with van der Waals surface area (Å²) >= 11 is 0. The number of anilines is 1. The summed E-state index contributed by atoms with van der Waals surface area (Å²) in [6.07, 6.45) is 2.57. The van der Waals surface area contributed by atoms with Crippen LogP contribution in [0.25, 0.3) is 0 Å². The summed E-state index contributed by atoms with van der Waals surface area (Å²) in [5.74, 6) is 0. The van der Waals surface area contributed by atoms with E-state index in [9.17, 15) is 0 Å². The Labute approximate surface area is 98.7 Å². The Morgan fingerprint density at radius 2 is 1.94 bits per heavy atom. The SMILES string of the molecule is Cc1ccc(N2CCCCNC(C)C2)cc1. The number of hydrogen-bond acceptors (Lipinski definition) is 2. The molecule has 1 aliphatic heterocycles. The van der Waals surface area contributed by atoms with E-state index in [1.807, 2.05) is 0 Å². The molecule has 16 heavy (non-hydrogen) atoms. The van der Waals surface area contributed by atoms with Crippen LogP contribution in [0, 0.1) is 6.92 Å². The van der Waals surface area contributed by atoms with Crippen molar-refractivity contribution in [3.63, 3.8) is 0 Å². The number of aryl methyl sites for hydroxylation is 1. The van der Waals surface area contributed by atoms with Crippen LogP contribution in [0.15, 0.2) is 24.3 Å². The van der Waals surface area contributed by atoms with Crippen LogP contribution in [0.5, 0.6) is 0 Å². The summed E-state index contributed by atoms with van der Waals surface area (Å²) in [7, 11) is 0. The molecule has 1 aliphatic rings. The zero-order valence-corrected chi connectivity index (χ0v) is 10.4. The van der Waals surface area contributed by atoms with Crippen molar-refractivity contribution in [1.82, 2.24) is 5.32 Å². The van der Waals surface area contributed by atoms with Crippen LogP contribution in [0.1, 0.15) is 25.3 Å². The number of rotatable bonds is 1. The molecule has 1 saturated heterocycles. The fourth-order valence-electron chi connectivity index (χ4n) is 2.25. The average molecular weight is 218 g/mol. The fraction of sp³-hybridized carbons (Fsp3) is 0.571. The van der Waals surface area contributed by atoms with E-state index in [0.717, 1.165) is 6.54 Å². The summed E-state index contributed by atoms with van der Waals surface area (Å²) < 4.78 is 0. The van der Waals surface area contributed by atoms with E-state index in [0.29, 0.717) is 6.04 Å². The van der Waals surface area contributed by atoms with Crippen molar-refractivity contribution < 1.29 is 0 Å². The van der Waals surface area contributed by atoms with Gasteiger partial charge in [0, 0.05) is 24.8 Å². The smallest absolute Gasteiger partial charge is 0.0366 e. The fourth-order valence-corrected chi connectivity index (χ4v) is 2.25. The lowest BCUT2D eigenvalue weighted by atomic mass is 10.1. The zero-order valence-electron chi connectivity index (χ0n) is 10.4. The molecule has 1 heterocycles. The van der Waals surface area contributed by atoms with Crippen LogP contribution in [0.4, 0.5) is 5.69 Å². The van der Waals surface area contributed by atoms with E-state index in [4.69, 9.17) is 0 Å². The van der Waals surface area contributed by atoms with Crippen molar-refractivity contribution in [2.45, 2.75) is 32.7 Å². The van der Waals surface area contributed by atoms with Crippen LogP contribution in [0.3, 0.4) is 0 Å². The highest BCUT2D eigenvalue weighted by Crippen LogP contribution is 2.17. The molecule has 1 atom stereocenters. The van der Waals surface area contributed by atoms with E-state index < -0.39 is 0 Å². The van der Waals surface area contributed by atoms with Crippen LogP contribution >= 0.6 is 0 Å². The zero-order chi connectivity index (χ0) is 11.4. The first-order valence-electron chi connectivity index (χ1n) is 6.31. The highest BCUT2D eigenvalue weighted by molar-refractivity contribution is 5.47. The largest absolute Gasteiger partial charge is 0.370 e. The first-order valence-corrected chi connectivity index (χ1v) is 6.31. The normalized spacial score (nSPS) is 22.6. The highest BCUT2D eigenvalue weighted by atomic mass is 15.2. The van der Waals surface area contributed by atoms with Crippen LogP contribution < -0.4 is 10.2 Å². The van der Waals surface area contributed by atoms with Gasteiger partial charge in [-0.15, -0.1) is 0 Å². The van der Waals surface area contributed by atoms with E-state index in [1.165, 1.54) is 37.2 Å². The summed E-state index contributed by atoms with van der Waals surface area (Å²) in [5, 5.41) is 3.55. The Bertz CT molecular complexity index is 318. The van der Waals surface area contributed by atoms with Gasteiger partial charge < -0.3 is 10.2 Å². The van der Waals surface area contributed by atoms with Gasteiger partial charge in [0.1, 0.15) is 0 Å². The number of benzene rings is 1. The molecule has 88 valence electrons. The van der Waals surface area contributed by atoms with Gasteiger partial charge in [-0.1, -0.05) is 17.7 Å². The predicted octanol–water partition coefficient (Wildman–Crippen LogP) is 2.57. The maximum Gasteiger partial charge on any atom is 0.0366 e. The first-order chi connectivity index (χ1) is 7.75. The maximum absolute atomic E-state index is 3.55. The van der Waals surface area contributed by atoms with Crippen molar-refractivity contribution in [3.8, 4) is 0 Å². The summed E-state index contributed by atoms with van der Waals surface area (Å²) in [4.78, 5) is 2.50. The summed E-state index contributed by atoms with van der Waals surface area (Å²) in [5.41, 5.74) is 2.70. The number of nitrogens with one attached hydrogen (secondary N) is 1. The molecule has 1 fully saturated rings. The Kier molecular flexibility index (Phi) is 3.83. The third-order valence-corrected chi connectivity index (χ3v) is 3.24. The Morgan fingerprint density at radius 3 is 2.69 bits per heavy atom. The van der Waals surface area contributed by atoms with Gasteiger partial charge in [-0.25, -0.2) is 0 Å². The third-order valence-electron chi connectivity index (χ3n) is 3.24. The highest BCUT2D eigenvalue weighted by Gasteiger charge is 2.12. The van der Waals surface area contributed by atoms with Crippen molar-refractivity contribution in [2.24, 2.45) is 0 Å². The average Bonchev–Trinajstić information content (AvgIpc) is 2.24. The molecule has 2 nitrogen and oxygen atoms in total. The Morgan fingerprint density at radius 1 is 1.19 bits per heavy atom. The lowest BCUT2D eigenvalue weighted by molar-refractivity contribution is 0.485. The van der Waals surface area contributed by atoms with E-state index in [1.54, 1.807) is 0 Å². The molecule has 1 N–H and O–H groups in total. The molecular formula is C14H22N2. The molecular weight excluding hydrogens is 196 g/mol. The second kappa shape index (κ2) is 5.35. The number of nitrogens with zero attached hydrogens (tertiary/aromatic N) is 1. The molecule has 2 heteroatoms. The van der Waals surface area contributed by atoms with E-state index >= 15 is 0 Å². The standard InChI is InChI=1S/C14H22N2/c1-12-5-7-14(8-6-12)16-10-4-3-9-15-13(2)11-16/h5-8,13,15H,3-4,9-11H2,1-2H3. The van der Waals surface area contributed by atoms with Gasteiger partial charge in [0.05, 0.1) is 0 Å². The quantitative estimate of drug-likeness (QED) is 0.779. The van der Waals surface area contributed by atoms with Gasteiger partial charge in [-0.05, 0) is 45.4 Å². The second-order valence-corrected chi connectivity index (χ2v) is 4.84. The van der Waals surface area contributed by atoms with E-state index in [-0.39, 0.29) is 0 Å². The molecule has 2 rings (SSSR count). The van der Waals surface area contributed by atoms with Crippen LogP contribution in [0.2, 0.25) is 0 Å². The molecule has 0 saturated carbocycles. The minimum Gasteiger partial charge on any atom is -0.370 e. The molecule has 0 aromatic heterocycles. The topological polar surface area (TPSA) is 15.3 Å². The van der Waals surface area contributed by atoms with Gasteiger partial charge in [0.2, 0.25) is 0 Å². The van der Waals surface area contributed by atoms with Gasteiger partial charge >= 0.3 is 0 Å². The van der Waals surface area contributed by atoms with Crippen LogP contribution in [-0.4, -0.2) is 25.7 Å². The molecule has 0 amide bonds. The van der Waals surface area contributed by atoms with E-state index in [2.05, 4.69) is 48.3 Å². The molecule has 0 aliphatic carbocycles. The Balaban J connectivity index is 2.08. The van der Waals surface area contributed by atoms with Crippen LogP contribution in [-0.2, 0) is 0 Å². The summed E-state index contributed by atoms with van der Waals surface area (Å²) in [6.45, 7) is 7.88. The number of hydrogen-bond donors (Lipinski definition) is 1. The van der Waals surface area contributed by atoms with Crippen molar-refractivity contribution >= 4 is 5.69 Å². The molecule has 1 aromatic rings. The molecule has 1 unspecified atom stereocenters. The van der Waals surface area contributed by atoms with Gasteiger partial charge in [0.15, 0.2) is 0 Å². The molecule has 1 aromatic carbocycles. The Hall–Kier alpha value is -1.02. The third kappa shape index (κ3) is 2.99. The molecule has 0 radical (unpaired) electrons. The monoisotopic (exact) mass is 218 g/mol. The summed E-state index contributed by atoms with van der Waals surface area (Å²) in [6, 6.07) is 9.47. The van der Waals surface area contributed by atoms with Gasteiger partial charge in [0.25, 0.3) is 0 Å². The minimum atomic E-state index is 0.585. The lowest BCUT2D eigenvalue weighted by Gasteiger charge is -2.31. The molecule has 0 bridgehead atoms. The van der Waals surface area contributed by atoms with Crippen molar-refractivity contribution in [3.05, 3.63) is 29.8 Å². The maximum atomic E-state index is 3.55. The van der Waals surface area contributed by atoms with Crippen molar-refractivity contribution in [1.29, 1.82) is 0 Å². The lowest BCUT2D eigenvalue weighted by Crippen LogP contribution is -2.42. The first kappa shape index (κ1) is 11.5. The second-order valence-electron chi connectivity index (χ2n) is 4.84. The minimum absolute atomic E-state index is 0.585.